The standard InChI is InChI=1S/C16H22F3N3O2/c1-24-14-4-2-13(3-5-14)10-21-6-8-22(9-7-21)11-15(23)20-12-16(17,18)19/h2-5H,6-12H2,1H3,(H,20,23). The number of nitrogens with one attached hydrogen (secondary N) is 1. The summed E-state index contributed by atoms with van der Waals surface area (Å²) < 4.78 is 41.3. The summed E-state index contributed by atoms with van der Waals surface area (Å²) in [6.07, 6.45) is -4.37. The fraction of sp³-hybridized carbons (Fsp3) is 0.562. The van der Waals surface area contributed by atoms with Crippen LogP contribution in [0.1, 0.15) is 5.56 Å². The van der Waals surface area contributed by atoms with E-state index in [1.807, 2.05) is 34.5 Å². The molecule has 0 aromatic heterocycles. The van der Waals surface area contributed by atoms with Crippen LogP contribution in [0.4, 0.5) is 13.2 Å². The van der Waals surface area contributed by atoms with Crippen molar-refractivity contribution in [2.24, 2.45) is 0 Å². The number of methoxy groups -OCH3 is 1. The van der Waals surface area contributed by atoms with Gasteiger partial charge in [0, 0.05) is 32.7 Å². The number of carbonyl (C=O) groups excluding carboxylic acids is 1. The van der Waals surface area contributed by atoms with Gasteiger partial charge >= 0.3 is 6.18 Å². The molecule has 5 nitrogen and oxygen atoms in total. The van der Waals surface area contributed by atoms with Gasteiger partial charge in [-0.3, -0.25) is 14.6 Å². The Kier molecular flexibility index (Phi) is 6.44. The highest BCUT2D eigenvalue weighted by Gasteiger charge is 2.28. The van der Waals surface area contributed by atoms with Crippen molar-refractivity contribution in [3.63, 3.8) is 0 Å². The molecule has 0 aliphatic carbocycles. The molecule has 8 heteroatoms. The van der Waals surface area contributed by atoms with E-state index in [2.05, 4.69) is 4.90 Å². The first-order valence-corrected chi connectivity index (χ1v) is 7.77. The van der Waals surface area contributed by atoms with Crippen LogP contribution in [-0.2, 0) is 11.3 Å². The molecule has 1 aliphatic rings. The molecule has 134 valence electrons. The Balaban J connectivity index is 1.70. The smallest absolute Gasteiger partial charge is 0.405 e. The zero-order valence-electron chi connectivity index (χ0n) is 13.6. The maximum absolute atomic E-state index is 12.1. The lowest BCUT2D eigenvalue weighted by atomic mass is 10.2. The molecule has 0 saturated carbocycles. The molecule has 0 bridgehead atoms. The molecule has 1 aromatic carbocycles. The number of hydrogen-bond donors (Lipinski definition) is 1. The van der Waals surface area contributed by atoms with Crippen molar-refractivity contribution in [3.8, 4) is 5.75 Å². The van der Waals surface area contributed by atoms with Crippen molar-refractivity contribution >= 4 is 5.91 Å². The summed E-state index contributed by atoms with van der Waals surface area (Å²) in [7, 11) is 1.62. The van der Waals surface area contributed by atoms with E-state index in [9.17, 15) is 18.0 Å². The summed E-state index contributed by atoms with van der Waals surface area (Å²) in [6, 6.07) is 7.85. The topological polar surface area (TPSA) is 44.8 Å². The summed E-state index contributed by atoms with van der Waals surface area (Å²) in [6.45, 7) is 2.41. The van der Waals surface area contributed by atoms with Gasteiger partial charge in [-0.2, -0.15) is 13.2 Å². The molecule has 1 saturated heterocycles. The first-order chi connectivity index (χ1) is 11.4. The third-order valence-corrected chi connectivity index (χ3v) is 3.88. The van der Waals surface area contributed by atoms with Gasteiger partial charge in [0.25, 0.3) is 0 Å². The quantitative estimate of drug-likeness (QED) is 0.849. The number of nitrogens with zero attached hydrogens (tertiary/aromatic N) is 2. The van der Waals surface area contributed by atoms with E-state index in [0.29, 0.717) is 13.1 Å². The van der Waals surface area contributed by atoms with E-state index < -0.39 is 18.6 Å². The van der Waals surface area contributed by atoms with E-state index in [1.54, 1.807) is 7.11 Å². The molecular weight excluding hydrogens is 323 g/mol. The molecular formula is C16H22F3N3O2. The van der Waals surface area contributed by atoms with Crippen molar-refractivity contribution in [3.05, 3.63) is 29.8 Å². The molecule has 1 heterocycles. The van der Waals surface area contributed by atoms with E-state index in [-0.39, 0.29) is 6.54 Å². The van der Waals surface area contributed by atoms with E-state index in [1.165, 1.54) is 5.56 Å². The fourth-order valence-electron chi connectivity index (χ4n) is 2.55. The third kappa shape index (κ3) is 6.37. The lowest BCUT2D eigenvalue weighted by Crippen LogP contribution is -2.49. The predicted molar refractivity (Wildman–Crippen MR) is 83.8 cm³/mol. The molecule has 1 N–H and O–H groups in total. The highest BCUT2D eigenvalue weighted by atomic mass is 19.4. The molecule has 1 fully saturated rings. The minimum Gasteiger partial charge on any atom is -0.497 e. The zero-order chi connectivity index (χ0) is 17.6. The highest BCUT2D eigenvalue weighted by molar-refractivity contribution is 5.78. The molecule has 0 spiro atoms. The second kappa shape index (κ2) is 8.34. The van der Waals surface area contributed by atoms with Crippen LogP contribution in [0.5, 0.6) is 5.75 Å². The first-order valence-electron chi connectivity index (χ1n) is 7.77. The summed E-state index contributed by atoms with van der Waals surface area (Å²) in [5.41, 5.74) is 1.17. The van der Waals surface area contributed by atoms with Crippen molar-refractivity contribution in [2.75, 3.05) is 46.4 Å². The number of hydrogen-bond acceptors (Lipinski definition) is 4. The Bertz CT molecular complexity index is 526. The average Bonchev–Trinajstić information content (AvgIpc) is 2.55. The molecule has 0 unspecified atom stereocenters. The van der Waals surface area contributed by atoms with Crippen LogP contribution in [0.25, 0.3) is 0 Å². The average molecular weight is 345 g/mol. The molecule has 1 aliphatic heterocycles. The zero-order valence-corrected chi connectivity index (χ0v) is 13.6. The minimum atomic E-state index is -4.37. The first kappa shape index (κ1) is 18.5. The molecule has 24 heavy (non-hydrogen) atoms. The Morgan fingerprint density at radius 3 is 2.25 bits per heavy atom. The maximum atomic E-state index is 12.1. The number of alkyl halides is 3. The van der Waals surface area contributed by atoms with Gasteiger partial charge in [0.2, 0.25) is 5.91 Å². The number of piperazine rings is 1. The SMILES string of the molecule is COc1ccc(CN2CCN(CC(=O)NCC(F)(F)F)CC2)cc1. The second-order valence-electron chi connectivity index (χ2n) is 5.79. The van der Waals surface area contributed by atoms with Crippen molar-refractivity contribution in [1.29, 1.82) is 0 Å². The summed E-state index contributed by atoms with van der Waals surface area (Å²) in [5.74, 6) is 0.226. The van der Waals surface area contributed by atoms with Crippen LogP contribution in [-0.4, -0.2) is 68.3 Å². The lowest BCUT2D eigenvalue weighted by Gasteiger charge is -2.34. The van der Waals surface area contributed by atoms with Gasteiger partial charge in [0.1, 0.15) is 12.3 Å². The molecule has 0 radical (unpaired) electrons. The number of carbonyl (C=O) groups is 1. The Morgan fingerprint density at radius 2 is 1.71 bits per heavy atom. The van der Waals surface area contributed by atoms with Crippen molar-refractivity contribution < 1.29 is 22.7 Å². The minimum absolute atomic E-state index is 0.00640. The van der Waals surface area contributed by atoms with Crippen LogP contribution in [0.3, 0.4) is 0 Å². The van der Waals surface area contributed by atoms with Gasteiger partial charge in [-0.05, 0) is 17.7 Å². The number of ether oxygens (including phenoxy) is 1. The normalized spacial score (nSPS) is 16.8. The summed E-state index contributed by atoms with van der Waals surface area (Å²) in [5, 5.41) is 1.90. The largest absolute Gasteiger partial charge is 0.497 e. The Hall–Kier alpha value is -1.80. The van der Waals surface area contributed by atoms with Crippen LogP contribution in [0.2, 0.25) is 0 Å². The number of benzene rings is 1. The number of amides is 1. The van der Waals surface area contributed by atoms with Crippen LogP contribution >= 0.6 is 0 Å². The van der Waals surface area contributed by atoms with Gasteiger partial charge in [0.15, 0.2) is 0 Å². The van der Waals surface area contributed by atoms with E-state index in [4.69, 9.17) is 4.74 Å². The Labute approximate surface area is 139 Å². The second-order valence-corrected chi connectivity index (χ2v) is 5.79. The summed E-state index contributed by atoms with van der Waals surface area (Å²) >= 11 is 0. The fourth-order valence-corrected chi connectivity index (χ4v) is 2.55. The summed E-state index contributed by atoms with van der Waals surface area (Å²) in [4.78, 5) is 15.6. The van der Waals surface area contributed by atoms with Gasteiger partial charge < -0.3 is 10.1 Å². The molecule has 1 amide bonds. The van der Waals surface area contributed by atoms with E-state index >= 15 is 0 Å². The van der Waals surface area contributed by atoms with E-state index in [0.717, 1.165) is 25.4 Å². The van der Waals surface area contributed by atoms with Crippen LogP contribution < -0.4 is 10.1 Å². The van der Waals surface area contributed by atoms with Crippen LogP contribution in [0, 0.1) is 0 Å². The van der Waals surface area contributed by atoms with Crippen molar-refractivity contribution in [1.82, 2.24) is 15.1 Å². The lowest BCUT2D eigenvalue weighted by molar-refractivity contribution is -0.139. The Morgan fingerprint density at radius 1 is 1.12 bits per heavy atom. The third-order valence-electron chi connectivity index (χ3n) is 3.88. The highest BCUT2D eigenvalue weighted by Crippen LogP contribution is 2.14. The predicted octanol–water partition coefficient (Wildman–Crippen LogP) is 1.49. The number of halogens is 3. The van der Waals surface area contributed by atoms with Crippen LogP contribution in [0.15, 0.2) is 24.3 Å². The molecule has 0 atom stereocenters. The van der Waals surface area contributed by atoms with Gasteiger partial charge in [0.05, 0.1) is 13.7 Å². The molecule has 2 rings (SSSR count). The monoisotopic (exact) mass is 345 g/mol. The molecule has 1 aromatic rings. The van der Waals surface area contributed by atoms with Gasteiger partial charge in [-0.25, -0.2) is 0 Å². The number of rotatable bonds is 6. The van der Waals surface area contributed by atoms with Gasteiger partial charge in [-0.1, -0.05) is 12.1 Å². The van der Waals surface area contributed by atoms with Gasteiger partial charge in [-0.15, -0.1) is 0 Å². The van der Waals surface area contributed by atoms with Crippen molar-refractivity contribution in [2.45, 2.75) is 12.7 Å². The maximum Gasteiger partial charge on any atom is 0.405 e.